The molecule has 0 aliphatic carbocycles. The van der Waals surface area contributed by atoms with E-state index < -0.39 is 32.2 Å². The van der Waals surface area contributed by atoms with Gasteiger partial charge in [-0.3, -0.25) is 0 Å². The topological polar surface area (TPSA) is 92.7 Å². The van der Waals surface area contributed by atoms with Gasteiger partial charge in [-0.25, -0.2) is 13.2 Å². The number of sulfone groups is 1. The summed E-state index contributed by atoms with van der Waals surface area (Å²) in [4.78, 5) is 11.6. The average Bonchev–Trinajstić information content (AvgIpc) is 2.32. The smallest absolute Gasteiger partial charge is 0.407 e. The van der Waals surface area contributed by atoms with Gasteiger partial charge in [0, 0.05) is 12.0 Å². The molecule has 6 nitrogen and oxygen atoms in total. The molecule has 0 radical (unpaired) electrons. The van der Waals surface area contributed by atoms with Crippen molar-refractivity contribution in [3.8, 4) is 0 Å². The van der Waals surface area contributed by atoms with Crippen LogP contribution in [0.3, 0.4) is 0 Å². The SMILES string of the molecule is CC(C)S(=O)(=O)CCC(C)(CO)CNC(=O)OC(C)(C)C. The largest absolute Gasteiger partial charge is 0.444 e. The predicted octanol–water partition coefficient (Wildman–Crippen LogP) is 1.72. The predicted molar refractivity (Wildman–Crippen MR) is 83.0 cm³/mol. The minimum Gasteiger partial charge on any atom is -0.444 e. The van der Waals surface area contributed by atoms with Crippen LogP contribution in [0.25, 0.3) is 0 Å². The van der Waals surface area contributed by atoms with Gasteiger partial charge >= 0.3 is 6.09 Å². The first-order valence-electron chi connectivity index (χ1n) is 7.11. The highest BCUT2D eigenvalue weighted by atomic mass is 32.2. The first-order chi connectivity index (χ1) is 9.31. The van der Waals surface area contributed by atoms with Gasteiger partial charge in [-0.1, -0.05) is 6.92 Å². The van der Waals surface area contributed by atoms with Crippen LogP contribution in [0.15, 0.2) is 0 Å². The van der Waals surface area contributed by atoms with Gasteiger partial charge in [-0.2, -0.15) is 0 Å². The molecule has 1 amide bonds. The zero-order valence-electron chi connectivity index (χ0n) is 13.9. The summed E-state index contributed by atoms with van der Waals surface area (Å²) in [6, 6.07) is 0. The van der Waals surface area contributed by atoms with Crippen molar-refractivity contribution in [3.63, 3.8) is 0 Å². The summed E-state index contributed by atoms with van der Waals surface area (Å²) in [6.45, 7) is 10.2. The fraction of sp³-hybridized carbons (Fsp3) is 0.929. The fourth-order valence-electron chi connectivity index (χ4n) is 1.45. The van der Waals surface area contributed by atoms with E-state index in [1.54, 1.807) is 41.5 Å². The van der Waals surface area contributed by atoms with Crippen LogP contribution in [0.1, 0.15) is 48.0 Å². The van der Waals surface area contributed by atoms with Gasteiger partial charge < -0.3 is 15.2 Å². The second kappa shape index (κ2) is 7.45. The van der Waals surface area contributed by atoms with E-state index in [0.29, 0.717) is 0 Å². The number of rotatable bonds is 7. The van der Waals surface area contributed by atoms with E-state index >= 15 is 0 Å². The van der Waals surface area contributed by atoms with Gasteiger partial charge in [0.1, 0.15) is 5.60 Å². The van der Waals surface area contributed by atoms with Gasteiger partial charge in [0.15, 0.2) is 9.84 Å². The number of hydrogen-bond acceptors (Lipinski definition) is 5. The first kappa shape index (κ1) is 20.2. The molecule has 0 aromatic rings. The van der Waals surface area contributed by atoms with Gasteiger partial charge in [-0.05, 0) is 41.0 Å². The third-order valence-corrected chi connectivity index (χ3v) is 5.36. The quantitative estimate of drug-likeness (QED) is 0.744. The highest BCUT2D eigenvalue weighted by molar-refractivity contribution is 7.91. The Hall–Kier alpha value is -0.820. The third-order valence-electron chi connectivity index (χ3n) is 3.15. The van der Waals surface area contributed by atoms with Gasteiger partial charge in [0.25, 0.3) is 0 Å². The van der Waals surface area contributed by atoms with Crippen molar-refractivity contribution in [2.75, 3.05) is 18.9 Å². The first-order valence-corrected chi connectivity index (χ1v) is 8.82. The van der Waals surface area contributed by atoms with Crippen LogP contribution in [0.4, 0.5) is 4.79 Å². The summed E-state index contributed by atoms with van der Waals surface area (Å²) in [6.07, 6.45) is -0.298. The second-order valence-electron chi connectivity index (χ2n) is 6.99. The highest BCUT2D eigenvalue weighted by Crippen LogP contribution is 2.22. The zero-order chi connectivity index (χ0) is 16.9. The maximum absolute atomic E-state index is 11.8. The zero-order valence-corrected chi connectivity index (χ0v) is 14.7. The lowest BCUT2D eigenvalue weighted by Crippen LogP contribution is -2.41. The van der Waals surface area contributed by atoms with E-state index in [1.807, 2.05) is 0 Å². The number of amides is 1. The number of carbonyl (C=O) groups excluding carboxylic acids is 1. The highest BCUT2D eigenvalue weighted by Gasteiger charge is 2.28. The number of aliphatic hydroxyl groups is 1. The average molecular weight is 323 g/mol. The summed E-state index contributed by atoms with van der Waals surface area (Å²) < 4.78 is 28.8. The normalized spacial score (nSPS) is 15.6. The Balaban J connectivity index is 4.52. The lowest BCUT2D eigenvalue weighted by molar-refractivity contribution is 0.0476. The Morgan fingerprint density at radius 2 is 1.76 bits per heavy atom. The molecule has 0 aromatic carbocycles. The third kappa shape index (κ3) is 8.26. The Morgan fingerprint density at radius 1 is 1.24 bits per heavy atom. The molecule has 0 fully saturated rings. The molecule has 0 aliphatic heterocycles. The van der Waals surface area contributed by atoms with E-state index in [4.69, 9.17) is 4.74 Å². The number of hydrogen-bond donors (Lipinski definition) is 2. The maximum atomic E-state index is 11.8. The monoisotopic (exact) mass is 323 g/mol. The number of alkyl carbamates (subject to hydrolysis) is 1. The maximum Gasteiger partial charge on any atom is 0.407 e. The molecule has 1 unspecified atom stereocenters. The molecule has 0 saturated heterocycles. The summed E-state index contributed by atoms with van der Waals surface area (Å²) in [7, 11) is -3.16. The number of aliphatic hydroxyl groups excluding tert-OH is 1. The van der Waals surface area contributed by atoms with Crippen molar-refractivity contribution in [3.05, 3.63) is 0 Å². The molecule has 0 bridgehead atoms. The summed E-state index contributed by atoms with van der Waals surface area (Å²) in [5.41, 5.74) is -1.29. The molecule has 2 N–H and O–H groups in total. The Kier molecular flexibility index (Phi) is 7.15. The van der Waals surface area contributed by atoms with Crippen molar-refractivity contribution in [1.29, 1.82) is 0 Å². The Morgan fingerprint density at radius 3 is 2.14 bits per heavy atom. The summed E-state index contributed by atoms with van der Waals surface area (Å²) in [5, 5.41) is 11.6. The van der Waals surface area contributed by atoms with Crippen LogP contribution in [0.2, 0.25) is 0 Å². The van der Waals surface area contributed by atoms with E-state index in [9.17, 15) is 18.3 Å². The van der Waals surface area contributed by atoms with Crippen LogP contribution in [-0.2, 0) is 14.6 Å². The standard InChI is InChI=1S/C14H29NO5S/c1-11(2)21(18,19)8-7-14(6,10-16)9-15-12(17)20-13(3,4)5/h11,16H,7-10H2,1-6H3,(H,15,17). The van der Waals surface area contributed by atoms with E-state index in [1.165, 1.54) is 0 Å². The van der Waals surface area contributed by atoms with Crippen LogP contribution >= 0.6 is 0 Å². The van der Waals surface area contributed by atoms with Crippen molar-refractivity contribution in [1.82, 2.24) is 5.32 Å². The molecule has 0 saturated carbocycles. The Labute approximate surface area is 128 Å². The van der Waals surface area contributed by atoms with E-state index in [0.717, 1.165) is 0 Å². The van der Waals surface area contributed by atoms with Gasteiger partial charge in [0.05, 0.1) is 17.6 Å². The van der Waals surface area contributed by atoms with Gasteiger partial charge in [-0.15, -0.1) is 0 Å². The van der Waals surface area contributed by atoms with Crippen molar-refractivity contribution < 1.29 is 23.1 Å². The molecule has 0 aromatic heterocycles. The molecule has 0 rings (SSSR count). The number of nitrogens with one attached hydrogen (secondary N) is 1. The molecule has 21 heavy (non-hydrogen) atoms. The molecular formula is C14H29NO5S. The summed E-state index contributed by atoms with van der Waals surface area (Å²) in [5.74, 6) is -0.0161. The Bertz CT molecular complexity index is 439. The number of carbonyl (C=O) groups is 1. The van der Waals surface area contributed by atoms with Gasteiger partial charge in [0.2, 0.25) is 0 Å². The molecular weight excluding hydrogens is 294 g/mol. The van der Waals surface area contributed by atoms with Crippen molar-refractivity contribution in [2.45, 2.75) is 58.8 Å². The van der Waals surface area contributed by atoms with Crippen molar-refractivity contribution >= 4 is 15.9 Å². The fourth-order valence-corrected chi connectivity index (χ4v) is 2.70. The van der Waals surface area contributed by atoms with Crippen LogP contribution in [0.5, 0.6) is 0 Å². The molecule has 1 atom stereocenters. The van der Waals surface area contributed by atoms with E-state index in [-0.39, 0.29) is 25.3 Å². The molecule has 0 aliphatic rings. The minimum absolute atomic E-state index is 0.0161. The lowest BCUT2D eigenvalue weighted by atomic mass is 9.88. The van der Waals surface area contributed by atoms with Crippen LogP contribution in [-0.4, -0.2) is 49.4 Å². The molecule has 0 heterocycles. The van der Waals surface area contributed by atoms with Crippen LogP contribution < -0.4 is 5.32 Å². The summed E-state index contributed by atoms with van der Waals surface area (Å²) >= 11 is 0. The second-order valence-corrected chi connectivity index (χ2v) is 9.67. The number of ether oxygens (including phenoxy) is 1. The molecule has 0 spiro atoms. The molecule has 126 valence electrons. The van der Waals surface area contributed by atoms with Crippen molar-refractivity contribution in [2.24, 2.45) is 5.41 Å². The van der Waals surface area contributed by atoms with Crippen LogP contribution in [0, 0.1) is 5.41 Å². The van der Waals surface area contributed by atoms with E-state index in [2.05, 4.69) is 5.32 Å². The lowest BCUT2D eigenvalue weighted by Gasteiger charge is -2.28. The minimum atomic E-state index is -3.16. The molecule has 7 heteroatoms.